The topological polar surface area (TPSA) is 64.7 Å². The lowest BCUT2D eigenvalue weighted by molar-refractivity contribution is -0.160. The first-order valence-electron chi connectivity index (χ1n) is 18.5. The third kappa shape index (κ3) is 33.5. The van der Waals surface area contributed by atoms with Crippen molar-refractivity contribution in [2.75, 3.05) is 19.8 Å². The van der Waals surface area contributed by atoms with E-state index in [2.05, 4.69) is 62.5 Å². The summed E-state index contributed by atoms with van der Waals surface area (Å²) in [6, 6.07) is -0.478. The molecule has 43 heavy (non-hydrogen) atoms. The summed E-state index contributed by atoms with van der Waals surface area (Å²) in [5.41, 5.74) is 6.04. The Labute approximate surface area is 268 Å². The highest BCUT2D eigenvalue weighted by Crippen LogP contribution is 2.12. The first kappa shape index (κ1) is 41.8. The minimum absolute atomic E-state index is 0.113. The molecule has 0 saturated carbocycles. The van der Waals surface area contributed by atoms with E-state index in [1.807, 2.05) is 0 Å². The monoisotopic (exact) mass is 604 g/mol. The summed E-state index contributed by atoms with van der Waals surface area (Å²) >= 11 is 0. The minimum atomic E-state index is -0.499. The van der Waals surface area contributed by atoms with Crippen molar-refractivity contribution in [1.29, 1.82) is 0 Å². The Morgan fingerprint density at radius 1 is 0.465 bits per heavy atom. The number of aliphatic hydroxyl groups is 1. The van der Waals surface area contributed by atoms with Crippen LogP contribution in [0.2, 0.25) is 0 Å². The number of aliphatic hydroxyl groups excluding tert-OH is 1. The van der Waals surface area contributed by atoms with E-state index >= 15 is 0 Å². The third-order valence-corrected chi connectivity index (χ3v) is 7.81. The predicted molar refractivity (Wildman–Crippen MR) is 189 cm³/mol. The number of unbranched alkanes of at least 4 members (excludes halogenated alkanes) is 18. The van der Waals surface area contributed by atoms with Crippen LogP contribution >= 0.6 is 0 Å². The van der Waals surface area contributed by atoms with Gasteiger partial charge in [0.2, 0.25) is 0 Å². The lowest BCUT2D eigenvalue weighted by Gasteiger charge is -2.23. The Bertz CT molecular complexity index is 592. The van der Waals surface area contributed by atoms with E-state index in [0.29, 0.717) is 13.2 Å². The average molecular weight is 604 g/mol. The fourth-order valence-corrected chi connectivity index (χ4v) is 4.96. The number of hydrogen-bond donors (Lipinski definition) is 2. The van der Waals surface area contributed by atoms with Crippen molar-refractivity contribution in [2.24, 2.45) is 5.73 Å². The van der Waals surface area contributed by atoms with Crippen molar-refractivity contribution in [3.05, 3.63) is 48.6 Å². The van der Waals surface area contributed by atoms with Crippen LogP contribution in [0.3, 0.4) is 0 Å². The van der Waals surface area contributed by atoms with Gasteiger partial charge in [-0.1, -0.05) is 140 Å². The molecule has 4 nitrogen and oxygen atoms in total. The molecule has 0 rings (SSSR count). The van der Waals surface area contributed by atoms with E-state index in [9.17, 15) is 5.11 Å². The molecule has 0 aliphatic heterocycles. The Hall–Kier alpha value is -1.20. The van der Waals surface area contributed by atoms with E-state index in [4.69, 9.17) is 15.2 Å². The van der Waals surface area contributed by atoms with Crippen LogP contribution in [0.15, 0.2) is 48.6 Å². The second-order valence-electron chi connectivity index (χ2n) is 12.1. The van der Waals surface area contributed by atoms with Crippen molar-refractivity contribution in [3.63, 3.8) is 0 Å². The predicted octanol–water partition coefficient (Wildman–Crippen LogP) is 11.3. The van der Waals surface area contributed by atoms with Gasteiger partial charge in [-0.05, 0) is 77.0 Å². The van der Waals surface area contributed by atoms with Crippen molar-refractivity contribution in [2.45, 2.75) is 180 Å². The van der Waals surface area contributed by atoms with E-state index < -0.39 is 12.3 Å². The van der Waals surface area contributed by atoms with Gasteiger partial charge in [0.15, 0.2) is 6.29 Å². The van der Waals surface area contributed by atoms with Gasteiger partial charge in [-0.25, -0.2) is 0 Å². The molecule has 252 valence electrons. The zero-order valence-corrected chi connectivity index (χ0v) is 28.7. The van der Waals surface area contributed by atoms with Gasteiger partial charge in [-0.15, -0.1) is 0 Å². The Morgan fingerprint density at radius 2 is 0.791 bits per heavy atom. The van der Waals surface area contributed by atoms with Crippen LogP contribution < -0.4 is 5.73 Å². The first-order chi connectivity index (χ1) is 21.3. The summed E-state index contributed by atoms with van der Waals surface area (Å²) in [4.78, 5) is 0. The summed E-state index contributed by atoms with van der Waals surface area (Å²) in [5, 5.41) is 9.49. The van der Waals surface area contributed by atoms with Gasteiger partial charge in [-0.3, -0.25) is 0 Å². The van der Waals surface area contributed by atoms with Gasteiger partial charge < -0.3 is 20.3 Å². The van der Waals surface area contributed by atoms with Crippen LogP contribution in [-0.4, -0.2) is 37.3 Å². The number of rotatable bonds is 34. The van der Waals surface area contributed by atoms with E-state index in [1.54, 1.807) is 0 Å². The van der Waals surface area contributed by atoms with E-state index in [0.717, 1.165) is 25.7 Å². The maximum atomic E-state index is 9.49. The second kappa shape index (κ2) is 37.0. The quantitative estimate of drug-likeness (QED) is 0.0436. The largest absolute Gasteiger partial charge is 0.395 e. The van der Waals surface area contributed by atoms with Crippen LogP contribution in [0.25, 0.3) is 0 Å². The summed E-state index contributed by atoms with van der Waals surface area (Å²) in [6.07, 6.45) is 47.6. The Balaban J connectivity index is 3.61. The Kier molecular flexibility index (Phi) is 36.0. The highest BCUT2D eigenvalue weighted by molar-refractivity contribution is 4.93. The number of allylic oxidation sites excluding steroid dienone is 8. The summed E-state index contributed by atoms with van der Waals surface area (Å²) in [6.45, 7) is 5.69. The number of hydrogen-bond acceptors (Lipinski definition) is 4. The lowest BCUT2D eigenvalue weighted by atomic mass is 10.1. The van der Waals surface area contributed by atoms with Gasteiger partial charge >= 0.3 is 0 Å². The van der Waals surface area contributed by atoms with Crippen LogP contribution in [-0.2, 0) is 9.47 Å². The standard InChI is InChI=1S/C39H73NO3/c1-3-5-7-9-11-13-15-17-19-21-23-25-27-29-31-33-35-42-39(38(40)37-41)43-36-34-32-30-28-26-24-22-20-18-16-14-12-10-8-6-4-2/h11-14,17-20,38-39,41H,3-10,15-16,21-37,40H2,1-2H3/t38-,39?/m0/s1. The van der Waals surface area contributed by atoms with Crippen LogP contribution in [0.1, 0.15) is 168 Å². The van der Waals surface area contributed by atoms with Gasteiger partial charge in [-0.2, -0.15) is 0 Å². The molecule has 0 unspecified atom stereocenters. The molecule has 0 aromatic heterocycles. The highest BCUT2D eigenvalue weighted by Gasteiger charge is 2.18. The fourth-order valence-electron chi connectivity index (χ4n) is 4.96. The van der Waals surface area contributed by atoms with Crippen molar-refractivity contribution in [3.8, 4) is 0 Å². The maximum Gasteiger partial charge on any atom is 0.174 e. The summed E-state index contributed by atoms with van der Waals surface area (Å²) in [7, 11) is 0. The van der Waals surface area contributed by atoms with Gasteiger partial charge in [0.1, 0.15) is 0 Å². The van der Waals surface area contributed by atoms with Crippen molar-refractivity contribution in [1.82, 2.24) is 0 Å². The zero-order valence-electron chi connectivity index (χ0n) is 28.7. The first-order valence-corrected chi connectivity index (χ1v) is 18.5. The molecule has 1 atom stereocenters. The summed E-state index contributed by atoms with van der Waals surface area (Å²) < 4.78 is 11.8. The highest BCUT2D eigenvalue weighted by atomic mass is 16.7. The number of ether oxygens (including phenoxy) is 2. The molecule has 3 N–H and O–H groups in total. The smallest absolute Gasteiger partial charge is 0.174 e. The molecule has 0 aromatic rings. The molecule has 0 spiro atoms. The third-order valence-electron chi connectivity index (χ3n) is 7.81. The molecule has 0 aliphatic rings. The van der Waals surface area contributed by atoms with Crippen molar-refractivity contribution >= 4 is 0 Å². The minimum Gasteiger partial charge on any atom is -0.395 e. The molecule has 4 heteroatoms. The van der Waals surface area contributed by atoms with E-state index in [-0.39, 0.29) is 6.61 Å². The van der Waals surface area contributed by atoms with Gasteiger partial charge in [0.25, 0.3) is 0 Å². The molecule has 0 aliphatic carbocycles. The summed E-state index contributed by atoms with van der Waals surface area (Å²) in [5.74, 6) is 0. The normalized spacial score (nSPS) is 13.9. The zero-order chi connectivity index (χ0) is 31.3. The Morgan fingerprint density at radius 3 is 1.14 bits per heavy atom. The molecule has 0 fully saturated rings. The number of nitrogens with two attached hydrogens (primary N) is 1. The molecular weight excluding hydrogens is 530 g/mol. The molecule has 0 radical (unpaired) electrons. The van der Waals surface area contributed by atoms with Crippen molar-refractivity contribution < 1.29 is 14.6 Å². The van der Waals surface area contributed by atoms with Gasteiger partial charge in [0, 0.05) is 13.2 Å². The van der Waals surface area contributed by atoms with Gasteiger partial charge in [0.05, 0.1) is 12.6 Å². The second-order valence-corrected chi connectivity index (χ2v) is 12.1. The SMILES string of the molecule is CCCCCC=CCC=CCCCCCCCCOC(OCCCCCCCCC=CCC=CCCCCC)[C@@H](N)CO. The van der Waals surface area contributed by atoms with Crippen LogP contribution in [0.5, 0.6) is 0 Å². The molecule has 0 amide bonds. The molecule has 0 aromatic carbocycles. The molecule has 0 bridgehead atoms. The molecule has 0 saturated heterocycles. The average Bonchev–Trinajstić information content (AvgIpc) is 3.02. The molecular formula is C39H73NO3. The molecule has 0 heterocycles. The lowest BCUT2D eigenvalue weighted by Crippen LogP contribution is -2.42. The maximum absolute atomic E-state index is 9.49. The fraction of sp³-hybridized carbons (Fsp3) is 0.795. The van der Waals surface area contributed by atoms with Crippen LogP contribution in [0, 0.1) is 0 Å². The van der Waals surface area contributed by atoms with Crippen LogP contribution in [0.4, 0.5) is 0 Å². The van der Waals surface area contributed by atoms with E-state index in [1.165, 1.54) is 128 Å².